The van der Waals surface area contributed by atoms with Gasteiger partial charge in [0.05, 0.1) is 19.1 Å². The molecule has 2 heterocycles. The van der Waals surface area contributed by atoms with Crippen LogP contribution in [0.3, 0.4) is 0 Å². The molecular formula is C40H59N5O7S. The minimum Gasteiger partial charge on any atom is -0.469 e. The number of esters is 2. The third-order valence-electron chi connectivity index (χ3n) is 10.8. The van der Waals surface area contributed by atoms with E-state index in [0.717, 1.165) is 44.2 Å². The van der Waals surface area contributed by atoms with Crippen LogP contribution < -0.4 is 10.6 Å². The van der Waals surface area contributed by atoms with Crippen LogP contribution in [-0.2, 0) is 35.1 Å². The topological polar surface area (TPSA) is 147 Å². The minimum absolute atomic E-state index is 0.0266. The number of likely N-dealkylation sites (N-methyl/N-ethyl adjacent to an activating group) is 2. The normalized spacial score (nSPS) is 19.6. The molecule has 1 aliphatic heterocycles. The van der Waals surface area contributed by atoms with Crippen LogP contribution in [0.15, 0.2) is 35.7 Å². The second kappa shape index (κ2) is 19.5. The number of hydrogen-bond acceptors (Lipinski definition) is 10. The van der Waals surface area contributed by atoms with Crippen LogP contribution in [0.5, 0.6) is 0 Å². The Bertz CT molecular complexity index is 1550. The Kier molecular flexibility index (Phi) is 15.4. The molecule has 53 heavy (non-hydrogen) atoms. The van der Waals surface area contributed by atoms with E-state index in [0.29, 0.717) is 23.8 Å². The molecule has 7 atom stereocenters. The number of nitrogens with one attached hydrogen (secondary N) is 2. The van der Waals surface area contributed by atoms with Crippen molar-refractivity contribution in [2.24, 2.45) is 23.7 Å². The summed E-state index contributed by atoms with van der Waals surface area (Å²) >= 11 is 1.21. The average molecular weight is 754 g/mol. The van der Waals surface area contributed by atoms with Crippen LogP contribution in [0.25, 0.3) is 0 Å². The van der Waals surface area contributed by atoms with E-state index in [1.165, 1.54) is 25.4 Å². The molecule has 2 fully saturated rings. The number of aromatic nitrogens is 1. The van der Waals surface area contributed by atoms with Gasteiger partial charge in [-0.05, 0) is 75.4 Å². The molecule has 0 spiro atoms. The van der Waals surface area contributed by atoms with Crippen molar-refractivity contribution in [3.8, 4) is 0 Å². The lowest BCUT2D eigenvalue weighted by atomic mass is 9.91. The molecule has 2 aliphatic rings. The Morgan fingerprint density at radius 2 is 1.70 bits per heavy atom. The lowest BCUT2D eigenvalue weighted by Gasteiger charge is -2.38. The Morgan fingerprint density at radius 1 is 1.00 bits per heavy atom. The number of benzene rings is 1. The summed E-state index contributed by atoms with van der Waals surface area (Å²) in [7, 11) is 5.06. The summed E-state index contributed by atoms with van der Waals surface area (Å²) in [5, 5.41) is 8.29. The van der Waals surface area contributed by atoms with Gasteiger partial charge in [0.25, 0.3) is 5.91 Å². The fourth-order valence-corrected chi connectivity index (χ4v) is 8.30. The van der Waals surface area contributed by atoms with Crippen molar-refractivity contribution >= 4 is 41.0 Å². The second-order valence-electron chi connectivity index (χ2n) is 15.4. The molecule has 0 bridgehead atoms. The molecule has 2 N–H and O–H groups in total. The van der Waals surface area contributed by atoms with E-state index in [9.17, 15) is 24.0 Å². The molecule has 4 rings (SSSR count). The summed E-state index contributed by atoms with van der Waals surface area (Å²) in [4.78, 5) is 74.6. The molecule has 1 saturated heterocycles. The lowest BCUT2D eigenvalue weighted by Crippen LogP contribution is -2.58. The average Bonchev–Trinajstić information content (AvgIpc) is 3.86. The number of carbonyl (C=O) groups is 5. The van der Waals surface area contributed by atoms with Gasteiger partial charge in [0.2, 0.25) is 11.8 Å². The van der Waals surface area contributed by atoms with Gasteiger partial charge in [0.1, 0.15) is 16.7 Å². The van der Waals surface area contributed by atoms with Gasteiger partial charge in [0, 0.05) is 37.9 Å². The van der Waals surface area contributed by atoms with E-state index in [1.54, 1.807) is 24.3 Å². The van der Waals surface area contributed by atoms with Crippen LogP contribution in [0.4, 0.5) is 0 Å². The van der Waals surface area contributed by atoms with Crippen LogP contribution in [-0.4, -0.2) is 96.4 Å². The van der Waals surface area contributed by atoms with Crippen molar-refractivity contribution < 1.29 is 33.4 Å². The highest BCUT2D eigenvalue weighted by Gasteiger charge is 2.42. The molecule has 1 aliphatic carbocycles. The number of amides is 3. The Labute approximate surface area is 318 Å². The van der Waals surface area contributed by atoms with E-state index in [2.05, 4.69) is 20.5 Å². The molecule has 0 unspecified atom stereocenters. The van der Waals surface area contributed by atoms with Crippen LogP contribution in [0.2, 0.25) is 0 Å². The maximum atomic E-state index is 14.4. The number of methoxy groups -OCH3 is 1. The van der Waals surface area contributed by atoms with Crippen molar-refractivity contribution in [3.05, 3.63) is 52.0 Å². The van der Waals surface area contributed by atoms with E-state index in [4.69, 9.17) is 9.47 Å². The van der Waals surface area contributed by atoms with Gasteiger partial charge in [-0.2, -0.15) is 0 Å². The molecule has 1 aromatic carbocycles. The minimum atomic E-state index is -0.814. The van der Waals surface area contributed by atoms with Gasteiger partial charge in [0.15, 0.2) is 6.10 Å². The smallest absolute Gasteiger partial charge is 0.308 e. The standard InChI is InChI=1S/C40H59N5O7S/c1-24(2)33(45(7)39(49)35(26(4)29-17-18-29)43-37(48)32-16-12-13-19-44(32)6)22-34(52-27(5)46)38-42-31(23-53-38)36(47)41-30(20-25(3)40(50)51-8)21-28-14-10-9-11-15-28/h9-11,14-15,23-26,29-30,32-35H,12-13,16-22H2,1-8H3,(H,41,47)(H,43,48)/t25-,26-,30+,32+,33+,34+,35-/m0/s1. The van der Waals surface area contributed by atoms with E-state index in [-0.39, 0.29) is 59.9 Å². The Hall–Kier alpha value is -3.84. The monoisotopic (exact) mass is 753 g/mol. The van der Waals surface area contributed by atoms with E-state index in [1.807, 2.05) is 58.2 Å². The Balaban J connectivity index is 1.51. The molecule has 12 nitrogen and oxygen atoms in total. The molecule has 13 heteroatoms. The summed E-state index contributed by atoms with van der Waals surface area (Å²) < 4.78 is 10.7. The van der Waals surface area contributed by atoms with E-state index >= 15 is 0 Å². The third-order valence-corrected chi connectivity index (χ3v) is 11.8. The number of thiazole rings is 1. The lowest BCUT2D eigenvalue weighted by molar-refractivity contribution is -0.149. The maximum absolute atomic E-state index is 14.4. The van der Waals surface area contributed by atoms with Gasteiger partial charge < -0.3 is 25.0 Å². The first kappa shape index (κ1) is 41.9. The molecule has 2 aromatic rings. The number of piperidine rings is 1. The first-order valence-corrected chi connectivity index (χ1v) is 19.9. The molecule has 3 amide bonds. The van der Waals surface area contributed by atoms with Crippen molar-refractivity contribution in [2.45, 2.75) is 116 Å². The van der Waals surface area contributed by atoms with Gasteiger partial charge >= 0.3 is 11.9 Å². The van der Waals surface area contributed by atoms with Gasteiger partial charge in [-0.1, -0.05) is 64.4 Å². The van der Waals surface area contributed by atoms with Gasteiger partial charge in [-0.3, -0.25) is 28.9 Å². The summed E-state index contributed by atoms with van der Waals surface area (Å²) in [6.45, 7) is 10.0. The maximum Gasteiger partial charge on any atom is 0.308 e. The van der Waals surface area contributed by atoms with Gasteiger partial charge in [-0.25, -0.2) is 4.98 Å². The first-order chi connectivity index (χ1) is 25.2. The van der Waals surface area contributed by atoms with Crippen molar-refractivity contribution in [1.29, 1.82) is 0 Å². The number of rotatable bonds is 18. The number of hydrogen-bond donors (Lipinski definition) is 2. The quantitative estimate of drug-likeness (QED) is 0.197. The summed E-state index contributed by atoms with van der Waals surface area (Å²) in [5.74, 6) is -1.65. The Morgan fingerprint density at radius 3 is 2.30 bits per heavy atom. The van der Waals surface area contributed by atoms with Crippen molar-refractivity contribution in [1.82, 2.24) is 25.4 Å². The van der Waals surface area contributed by atoms with Crippen LogP contribution >= 0.6 is 11.3 Å². The zero-order valence-corrected chi connectivity index (χ0v) is 33.4. The molecule has 1 saturated carbocycles. The largest absolute Gasteiger partial charge is 0.469 e. The number of carbonyl (C=O) groups excluding carboxylic acids is 5. The van der Waals surface area contributed by atoms with Gasteiger partial charge in [-0.15, -0.1) is 11.3 Å². The number of likely N-dealkylation sites (tertiary alicyclic amines) is 1. The molecule has 1 aromatic heterocycles. The predicted molar refractivity (Wildman–Crippen MR) is 204 cm³/mol. The molecule has 0 radical (unpaired) electrons. The van der Waals surface area contributed by atoms with Crippen LogP contribution in [0, 0.1) is 23.7 Å². The second-order valence-corrected chi connectivity index (χ2v) is 16.2. The fraction of sp³-hybridized carbons (Fsp3) is 0.650. The van der Waals surface area contributed by atoms with Crippen LogP contribution in [0.1, 0.15) is 107 Å². The van der Waals surface area contributed by atoms with Crippen molar-refractivity contribution in [3.63, 3.8) is 0 Å². The SMILES string of the molecule is COC(=O)[C@@H](C)C[C@H](Cc1ccccc1)NC(=O)c1csc([C@@H](C[C@H](C(C)C)N(C)C(=O)[C@@H](NC(=O)[C@H]2CCCCN2C)[C@@H](C)C2CC2)OC(C)=O)n1. The molecule has 292 valence electrons. The highest BCUT2D eigenvalue weighted by molar-refractivity contribution is 7.09. The summed E-state index contributed by atoms with van der Waals surface area (Å²) in [6, 6.07) is 8.04. The summed E-state index contributed by atoms with van der Waals surface area (Å²) in [5.41, 5.74) is 1.18. The zero-order valence-electron chi connectivity index (χ0n) is 32.6. The predicted octanol–water partition coefficient (Wildman–Crippen LogP) is 5.18. The summed E-state index contributed by atoms with van der Waals surface area (Å²) in [6.07, 6.45) is 5.19. The highest BCUT2D eigenvalue weighted by atomic mass is 32.1. The third kappa shape index (κ3) is 11.8. The zero-order chi connectivity index (χ0) is 38.8. The van der Waals surface area contributed by atoms with E-state index < -0.39 is 29.9 Å². The fourth-order valence-electron chi connectivity index (χ4n) is 7.46. The first-order valence-electron chi connectivity index (χ1n) is 19.0. The molecular weight excluding hydrogens is 695 g/mol. The number of nitrogens with zero attached hydrogens (tertiary/aromatic N) is 3. The highest BCUT2D eigenvalue weighted by Crippen LogP contribution is 2.39. The number of ether oxygens (including phenoxy) is 2. The van der Waals surface area contributed by atoms with Crippen molar-refractivity contribution in [2.75, 3.05) is 27.7 Å².